The van der Waals surface area contributed by atoms with E-state index in [1.807, 2.05) is 13.8 Å². The number of pyridine rings is 1. The highest BCUT2D eigenvalue weighted by Gasteiger charge is 2.56. The summed E-state index contributed by atoms with van der Waals surface area (Å²) in [7, 11) is 1.44. The van der Waals surface area contributed by atoms with Gasteiger partial charge in [-0.2, -0.15) is 4.39 Å². The summed E-state index contributed by atoms with van der Waals surface area (Å²) in [4.78, 5) is 28.8. The van der Waals surface area contributed by atoms with Gasteiger partial charge in [0.05, 0.1) is 6.54 Å². The van der Waals surface area contributed by atoms with Crippen molar-refractivity contribution in [2.24, 2.45) is 5.92 Å². The SMILES string of the molecule is CC(C)C[N+]1(c2cccnc2F)C[C@@H](C(=O)O)N(C)C1=O. The molecule has 0 aromatic carbocycles. The number of aliphatic carboxylic acids is 1. The summed E-state index contributed by atoms with van der Waals surface area (Å²) < 4.78 is 13.8. The zero-order chi connectivity index (χ0) is 15.8. The van der Waals surface area contributed by atoms with Gasteiger partial charge in [-0.05, 0) is 6.07 Å². The van der Waals surface area contributed by atoms with Crippen LogP contribution in [0.3, 0.4) is 0 Å². The van der Waals surface area contributed by atoms with E-state index in [1.165, 1.54) is 24.2 Å². The summed E-state index contributed by atoms with van der Waals surface area (Å²) >= 11 is 0. The predicted octanol–water partition coefficient (Wildman–Crippen LogP) is 1.70. The minimum absolute atomic E-state index is 0.00542. The van der Waals surface area contributed by atoms with E-state index in [-0.39, 0.29) is 22.6 Å². The first-order chi connectivity index (χ1) is 9.79. The molecule has 114 valence electrons. The number of halogens is 1. The smallest absolute Gasteiger partial charge is 0.425 e. The zero-order valence-corrected chi connectivity index (χ0v) is 12.3. The minimum Gasteiger partial charge on any atom is -0.480 e. The van der Waals surface area contributed by atoms with Gasteiger partial charge in [-0.1, -0.05) is 13.8 Å². The second-order valence-corrected chi connectivity index (χ2v) is 5.79. The Morgan fingerprint density at radius 1 is 1.62 bits per heavy atom. The largest absolute Gasteiger partial charge is 0.480 e. The van der Waals surface area contributed by atoms with E-state index in [0.29, 0.717) is 6.54 Å². The number of amides is 2. The Kier molecular flexibility index (Phi) is 3.95. The number of hydrogen-bond acceptors (Lipinski definition) is 3. The van der Waals surface area contributed by atoms with Crippen molar-refractivity contribution in [2.45, 2.75) is 19.9 Å². The van der Waals surface area contributed by atoms with Crippen molar-refractivity contribution >= 4 is 17.7 Å². The molecular formula is C14H19FN3O3+. The number of aromatic nitrogens is 1. The molecule has 21 heavy (non-hydrogen) atoms. The number of quaternary nitrogens is 1. The number of carboxylic acids is 1. The van der Waals surface area contributed by atoms with E-state index >= 15 is 0 Å². The Morgan fingerprint density at radius 2 is 2.29 bits per heavy atom. The molecule has 0 radical (unpaired) electrons. The maximum atomic E-state index is 14.1. The van der Waals surface area contributed by atoms with Crippen LogP contribution in [0.4, 0.5) is 14.9 Å². The quantitative estimate of drug-likeness (QED) is 0.678. The van der Waals surface area contributed by atoms with Gasteiger partial charge < -0.3 is 5.11 Å². The normalized spacial score (nSPS) is 25.7. The van der Waals surface area contributed by atoms with Gasteiger partial charge in [0.25, 0.3) is 5.95 Å². The molecule has 1 aromatic rings. The third kappa shape index (κ3) is 2.49. The molecule has 2 rings (SSSR count). The lowest BCUT2D eigenvalue weighted by Crippen LogP contribution is -2.54. The average molecular weight is 296 g/mol. The zero-order valence-electron chi connectivity index (χ0n) is 12.3. The van der Waals surface area contributed by atoms with Crippen LogP contribution in [0, 0.1) is 11.9 Å². The van der Waals surface area contributed by atoms with Crippen LogP contribution in [0.15, 0.2) is 18.3 Å². The summed E-state index contributed by atoms with van der Waals surface area (Å²) in [5.74, 6) is -1.72. The van der Waals surface area contributed by atoms with Gasteiger partial charge >= 0.3 is 12.0 Å². The molecule has 7 heteroatoms. The highest BCUT2D eigenvalue weighted by atomic mass is 19.1. The maximum Gasteiger partial charge on any atom is 0.425 e. The molecule has 2 atom stereocenters. The number of carbonyl (C=O) groups is 2. The van der Waals surface area contributed by atoms with Crippen molar-refractivity contribution in [3.63, 3.8) is 0 Å². The second kappa shape index (κ2) is 5.40. The molecule has 0 saturated carbocycles. The predicted molar refractivity (Wildman–Crippen MR) is 75.1 cm³/mol. The molecule has 0 bridgehead atoms. The van der Waals surface area contributed by atoms with Crippen LogP contribution in [0.2, 0.25) is 0 Å². The first-order valence-electron chi connectivity index (χ1n) is 6.78. The van der Waals surface area contributed by atoms with Gasteiger partial charge in [-0.3, -0.25) is 4.90 Å². The fourth-order valence-corrected chi connectivity index (χ4v) is 2.95. The van der Waals surface area contributed by atoms with E-state index in [1.54, 1.807) is 6.07 Å². The van der Waals surface area contributed by atoms with Gasteiger partial charge in [-0.25, -0.2) is 19.1 Å². The van der Waals surface area contributed by atoms with Crippen LogP contribution in [0.5, 0.6) is 0 Å². The van der Waals surface area contributed by atoms with Gasteiger partial charge in [0.15, 0.2) is 11.7 Å². The Hall–Kier alpha value is -2.02. The molecule has 1 unspecified atom stereocenters. The lowest BCUT2D eigenvalue weighted by Gasteiger charge is -2.31. The average Bonchev–Trinajstić information content (AvgIpc) is 2.65. The molecule has 2 amide bonds. The lowest BCUT2D eigenvalue weighted by atomic mass is 10.1. The number of carboxylic acid groups (broad SMARTS) is 1. The molecular weight excluding hydrogens is 277 g/mol. The molecule has 1 N–H and O–H groups in total. The number of hydrogen-bond donors (Lipinski definition) is 1. The van der Waals surface area contributed by atoms with Crippen molar-refractivity contribution in [1.29, 1.82) is 0 Å². The van der Waals surface area contributed by atoms with Crippen molar-refractivity contribution in [3.8, 4) is 0 Å². The monoisotopic (exact) mass is 296 g/mol. The third-order valence-corrected chi connectivity index (χ3v) is 3.78. The van der Waals surface area contributed by atoms with E-state index in [0.717, 1.165) is 0 Å². The van der Waals surface area contributed by atoms with Crippen LogP contribution >= 0.6 is 0 Å². The third-order valence-electron chi connectivity index (χ3n) is 3.78. The second-order valence-electron chi connectivity index (χ2n) is 5.79. The number of carbonyl (C=O) groups excluding carboxylic acids is 1. The standard InChI is InChI=1S/C14H18FN3O3/c1-9(2)7-18(11-5-4-6-16-12(11)15)8-10(13(19)20)17(3)14(18)21/h4-6,9-10H,7-8H2,1-3H3/p+1/t10-,18?/m0/s1. The summed E-state index contributed by atoms with van der Waals surface area (Å²) in [5, 5.41) is 9.27. The highest BCUT2D eigenvalue weighted by Crippen LogP contribution is 2.34. The molecule has 1 aliphatic heterocycles. The molecule has 6 nitrogen and oxygen atoms in total. The number of nitrogens with zero attached hydrogens (tertiary/aromatic N) is 3. The Labute approximate surface area is 122 Å². The number of likely N-dealkylation sites (N-methyl/N-ethyl adjacent to an activating group) is 1. The minimum atomic E-state index is -1.08. The molecule has 1 aromatic heterocycles. The molecule has 2 heterocycles. The van der Waals surface area contributed by atoms with Crippen molar-refractivity contribution < 1.29 is 19.1 Å². The number of urea groups is 1. The maximum absolute atomic E-state index is 14.1. The fourth-order valence-electron chi connectivity index (χ4n) is 2.95. The van der Waals surface area contributed by atoms with Crippen LogP contribution in [-0.2, 0) is 4.79 Å². The van der Waals surface area contributed by atoms with Crippen molar-refractivity contribution in [2.75, 3.05) is 20.1 Å². The molecule has 1 saturated heterocycles. The summed E-state index contributed by atoms with van der Waals surface area (Å²) in [5.41, 5.74) is 0.131. The Balaban J connectivity index is 2.57. The van der Waals surface area contributed by atoms with Crippen LogP contribution in [-0.4, -0.2) is 53.2 Å². The van der Waals surface area contributed by atoms with Gasteiger partial charge in [-0.15, -0.1) is 0 Å². The fraction of sp³-hybridized carbons (Fsp3) is 0.500. The summed E-state index contributed by atoms with van der Waals surface area (Å²) in [6.45, 7) is 4.16. The molecule has 1 fully saturated rings. The van der Waals surface area contributed by atoms with Crippen LogP contribution < -0.4 is 4.48 Å². The van der Waals surface area contributed by atoms with Crippen LogP contribution in [0.25, 0.3) is 0 Å². The van der Waals surface area contributed by atoms with E-state index in [2.05, 4.69) is 4.98 Å². The topological polar surface area (TPSA) is 70.5 Å². The summed E-state index contributed by atoms with van der Waals surface area (Å²) in [6, 6.07) is 1.68. The lowest BCUT2D eigenvalue weighted by molar-refractivity contribution is -0.140. The van der Waals surface area contributed by atoms with Crippen molar-refractivity contribution in [1.82, 2.24) is 14.4 Å². The van der Waals surface area contributed by atoms with Gasteiger partial charge in [0.1, 0.15) is 6.54 Å². The summed E-state index contributed by atoms with van der Waals surface area (Å²) in [6.07, 6.45) is 1.31. The van der Waals surface area contributed by atoms with E-state index in [4.69, 9.17) is 0 Å². The first-order valence-corrected chi connectivity index (χ1v) is 6.78. The molecule has 1 aliphatic rings. The van der Waals surface area contributed by atoms with Crippen molar-refractivity contribution in [3.05, 3.63) is 24.3 Å². The van der Waals surface area contributed by atoms with Crippen LogP contribution in [0.1, 0.15) is 13.8 Å². The van der Waals surface area contributed by atoms with Gasteiger partial charge in [0.2, 0.25) is 0 Å². The molecule has 0 spiro atoms. The van der Waals surface area contributed by atoms with Gasteiger partial charge in [0, 0.05) is 25.2 Å². The van der Waals surface area contributed by atoms with E-state index in [9.17, 15) is 19.1 Å². The Bertz CT molecular complexity index is 578. The Morgan fingerprint density at radius 3 is 2.76 bits per heavy atom. The first kappa shape index (κ1) is 15.4. The molecule has 0 aliphatic carbocycles. The van der Waals surface area contributed by atoms with E-state index < -0.39 is 24.0 Å². The number of rotatable bonds is 4. The highest BCUT2D eigenvalue weighted by molar-refractivity contribution is 5.94.